The summed E-state index contributed by atoms with van der Waals surface area (Å²) in [5.74, 6) is -1.69. The summed E-state index contributed by atoms with van der Waals surface area (Å²) in [5, 5.41) is 0.727. The number of fused-ring (bicyclic) bond motifs is 1. The van der Waals surface area contributed by atoms with Gasteiger partial charge >= 0.3 is 16.8 Å². The molecular weight excluding hydrogens is 514 g/mol. The van der Waals surface area contributed by atoms with Gasteiger partial charge in [0, 0.05) is 5.02 Å². The van der Waals surface area contributed by atoms with Crippen LogP contribution in [0.2, 0.25) is 5.02 Å². The summed E-state index contributed by atoms with van der Waals surface area (Å²) >= 11 is 7.51. The molecule has 192 valence electrons. The number of hydrogen-bond acceptors (Lipinski definition) is 7. The molecule has 0 atom stereocenters. The maximum absolute atomic E-state index is 12.6. The van der Waals surface area contributed by atoms with E-state index in [2.05, 4.69) is 0 Å². The van der Waals surface area contributed by atoms with Gasteiger partial charge in [-0.15, -0.1) is 0 Å². The molecule has 3 aromatic carbocycles. The molecule has 0 bridgehead atoms. The van der Waals surface area contributed by atoms with Crippen LogP contribution in [-0.4, -0.2) is 37.3 Å². The Bertz CT molecular complexity index is 1440. The largest absolute Gasteiger partial charge is 0.492 e. The number of halogens is 1. The van der Waals surface area contributed by atoms with Crippen LogP contribution in [0.25, 0.3) is 10.2 Å². The van der Waals surface area contributed by atoms with Crippen molar-refractivity contribution in [1.29, 1.82) is 0 Å². The number of aromatic nitrogens is 1. The Hall–Kier alpha value is -3.62. The maximum atomic E-state index is 12.6. The standard InChI is InChI=1S/C28H26ClNO6S/c1-34-26(31)22(27(32)35-2)16-18-7-10-21(11-8-18)36-14-13-30-24-12-9-19(17-25(24)37-28(30)33)15-20-5-3-4-6-23(20)29/h3-12,17,22H,13-16H2,1-2H3. The van der Waals surface area contributed by atoms with Gasteiger partial charge in [0.1, 0.15) is 12.4 Å². The zero-order valence-electron chi connectivity index (χ0n) is 20.4. The molecule has 0 aliphatic heterocycles. The van der Waals surface area contributed by atoms with Gasteiger partial charge in [-0.3, -0.25) is 19.0 Å². The Morgan fingerprint density at radius 1 is 0.946 bits per heavy atom. The SMILES string of the molecule is COC(=O)C(Cc1ccc(OCCn2c(=O)sc3cc(Cc4ccccc4Cl)ccc32)cc1)C(=O)OC. The molecular formula is C28H26ClNO6S. The van der Waals surface area contributed by atoms with Crippen molar-refractivity contribution >= 4 is 45.1 Å². The minimum Gasteiger partial charge on any atom is -0.492 e. The predicted molar refractivity (Wildman–Crippen MR) is 144 cm³/mol. The molecule has 0 radical (unpaired) electrons. The average Bonchev–Trinajstić information content (AvgIpc) is 3.22. The van der Waals surface area contributed by atoms with Gasteiger partial charge in [-0.1, -0.05) is 59.3 Å². The molecule has 4 aromatic rings. The number of hydrogen-bond donors (Lipinski definition) is 0. The van der Waals surface area contributed by atoms with Crippen molar-refractivity contribution in [3.63, 3.8) is 0 Å². The van der Waals surface area contributed by atoms with E-state index in [0.29, 0.717) is 25.3 Å². The molecule has 0 amide bonds. The summed E-state index contributed by atoms with van der Waals surface area (Å²) in [6, 6.07) is 20.8. The van der Waals surface area contributed by atoms with E-state index >= 15 is 0 Å². The molecule has 7 nitrogen and oxygen atoms in total. The second-order valence-corrected chi connectivity index (χ2v) is 9.79. The number of rotatable bonds is 10. The third-order valence-electron chi connectivity index (χ3n) is 6.00. The van der Waals surface area contributed by atoms with Crippen molar-refractivity contribution in [1.82, 2.24) is 4.57 Å². The molecule has 0 fully saturated rings. The van der Waals surface area contributed by atoms with E-state index in [4.69, 9.17) is 25.8 Å². The molecule has 0 saturated carbocycles. The van der Waals surface area contributed by atoms with Crippen molar-refractivity contribution < 1.29 is 23.8 Å². The topological polar surface area (TPSA) is 83.8 Å². The van der Waals surface area contributed by atoms with Crippen LogP contribution in [-0.2, 0) is 38.4 Å². The van der Waals surface area contributed by atoms with Crippen LogP contribution in [0.5, 0.6) is 5.75 Å². The number of benzene rings is 3. The zero-order chi connectivity index (χ0) is 26.4. The summed E-state index contributed by atoms with van der Waals surface area (Å²) in [5.41, 5.74) is 3.77. The van der Waals surface area contributed by atoms with Crippen molar-refractivity contribution in [3.05, 3.63) is 98.1 Å². The van der Waals surface area contributed by atoms with Crippen LogP contribution in [0.1, 0.15) is 16.7 Å². The van der Waals surface area contributed by atoms with E-state index in [1.54, 1.807) is 28.8 Å². The predicted octanol–water partition coefficient (Wildman–Crippen LogP) is 4.89. The molecule has 4 rings (SSSR count). The maximum Gasteiger partial charge on any atom is 0.320 e. The molecule has 0 N–H and O–H groups in total. The minimum absolute atomic E-state index is 0.0412. The highest BCUT2D eigenvalue weighted by molar-refractivity contribution is 7.16. The van der Waals surface area contributed by atoms with Crippen LogP contribution < -0.4 is 9.61 Å². The lowest BCUT2D eigenvalue weighted by atomic mass is 9.99. The Balaban J connectivity index is 1.38. The van der Waals surface area contributed by atoms with E-state index in [1.807, 2.05) is 42.5 Å². The highest BCUT2D eigenvalue weighted by Gasteiger charge is 2.28. The summed E-state index contributed by atoms with van der Waals surface area (Å²) in [4.78, 5) is 36.4. The lowest BCUT2D eigenvalue weighted by Crippen LogP contribution is -2.28. The molecule has 1 aromatic heterocycles. The highest BCUT2D eigenvalue weighted by atomic mass is 35.5. The first-order valence-corrected chi connectivity index (χ1v) is 12.8. The van der Waals surface area contributed by atoms with Crippen molar-refractivity contribution in [2.24, 2.45) is 5.92 Å². The van der Waals surface area contributed by atoms with Gasteiger partial charge in [-0.25, -0.2) is 0 Å². The first kappa shape index (κ1) is 26.4. The van der Waals surface area contributed by atoms with E-state index in [-0.39, 0.29) is 11.3 Å². The number of nitrogens with zero attached hydrogens (tertiary/aromatic N) is 1. The Morgan fingerprint density at radius 2 is 1.62 bits per heavy atom. The fourth-order valence-electron chi connectivity index (χ4n) is 4.05. The molecule has 37 heavy (non-hydrogen) atoms. The fraction of sp³-hybridized carbons (Fsp3) is 0.250. The number of ether oxygens (including phenoxy) is 3. The van der Waals surface area contributed by atoms with Gasteiger partial charge in [-0.05, 0) is 59.9 Å². The zero-order valence-corrected chi connectivity index (χ0v) is 22.0. The highest BCUT2D eigenvalue weighted by Crippen LogP contribution is 2.24. The summed E-state index contributed by atoms with van der Waals surface area (Å²) < 4.78 is 17.9. The van der Waals surface area contributed by atoms with Crippen LogP contribution in [0, 0.1) is 5.92 Å². The van der Waals surface area contributed by atoms with Gasteiger partial charge in [0.15, 0.2) is 5.92 Å². The first-order chi connectivity index (χ1) is 17.9. The second-order valence-electron chi connectivity index (χ2n) is 8.39. The third-order valence-corrected chi connectivity index (χ3v) is 7.31. The minimum atomic E-state index is -1.02. The van der Waals surface area contributed by atoms with Gasteiger partial charge in [0.25, 0.3) is 0 Å². The summed E-state index contributed by atoms with van der Waals surface area (Å²) in [6.45, 7) is 0.705. The van der Waals surface area contributed by atoms with Gasteiger partial charge in [-0.2, -0.15) is 0 Å². The van der Waals surface area contributed by atoms with Crippen LogP contribution >= 0.6 is 22.9 Å². The van der Waals surface area contributed by atoms with Crippen LogP contribution in [0.3, 0.4) is 0 Å². The lowest BCUT2D eigenvalue weighted by molar-refractivity contribution is -0.158. The molecule has 0 aliphatic rings. The molecule has 1 heterocycles. The van der Waals surface area contributed by atoms with Crippen molar-refractivity contribution in [2.75, 3.05) is 20.8 Å². The number of esters is 2. The molecule has 0 saturated heterocycles. The Morgan fingerprint density at radius 3 is 2.30 bits per heavy atom. The first-order valence-electron chi connectivity index (χ1n) is 11.6. The number of thiazole rings is 1. The van der Waals surface area contributed by atoms with E-state index in [0.717, 1.165) is 31.9 Å². The lowest BCUT2D eigenvalue weighted by Gasteiger charge is -2.13. The molecule has 9 heteroatoms. The number of carbonyl (C=O) groups excluding carboxylic acids is 2. The van der Waals surface area contributed by atoms with E-state index in [1.165, 1.54) is 25.6 Å². The number of carbonyl (C=O) groups is 2. The molecule has 0 aliphatic carbocycles. The second kappa shape index (κ2) is 12.1. The molecule has 0 spiro atoms. The monoisotopic (exact) mass is 539 g/mol. The number of methoxy groups -OCH3 is 2. The summed E-state index contributed by atoms with van der Waals surface area (Å²) in [6.07, 6.45) is 0.856. The van der Waals surface area contributed by atoms with Gasteiger partial charge in [0.2, 0.25) is 0 Å². The van der Waals surface area contributed by atoms with Crippen molar-refractivity contribution in [2.45, 2.75) is 19.4 Å². The van der Waals surface area contributed by atoms with E-state index in [9.17, 15) is 14.4 Å². The third kappa shape index (κ3) is 6.39. The van der Waals surface area contributed by atoms with E-state index < -0.39 is 17.9 Å². The normalized spacial score (nSPS) is 11.0. The Kier molecular flexibility index (Phi) is 8.63. The smallest absolute Gasteiger partial charge is 0.320 e. The van der Waals surface area contributed by atoms with Crippen molar-refractivity contribution in [3.8, 4) is 5.75 Å². The quantitative estimate of drug-likeness (QED) is 0.211. The fourth-order valence-corrected chi connectivity index (χ4v) is 5.24. The van der Waals surface area contributed by atoms with Gasteiger partial charge < -0.3 is 14.2 Å². The van der Waals surface area contributed by atoms with Crippen LogP contribution in [0.4, 0.5) is 0 Å². The summed E-state index contributed by atoms with van der Waals surface area (Å²) in [7, 11) is 2.47. The Labute approximate surface area is 223 Å². The molecule has 0 unspecified atom stereocenters. The average molecular weight is 540 g/mol. The van der Waals surface area contributed by atoms with Gasteiger partial charge in [0.05, 0.1) is 31.0 Å². The van der Waals surface area contributed by atoms with Crippen LogP contribution in [0.15, 0.2) is 71.5 Å².